The molecule has 0 radical (unpaired) electrons. The molecule has 4 N–H and O–H groups in total. The summed E-state index contributed by atoms with van der Waals surface area (Å²) in [4.78, 5) is 0. The van der Waals surface area contributed by atoms with Crippen LogP contribution in [0, 0.1) is 0 Å². The normalized spacial score (nSPS) is 3.60. The van der Waals surface area contributed by atoms with E-state index in [2.05, 4.69) is 0 Å². The molecule has 0 rings (SSSR count). The van der Waals surface area contributed by atoms with E-state index in [0.717, 1.165) is 0 Å². The summed E-state index contributed by atoms with van der Waals surface area (Å²) in [6, 6.07) is 0. The zero-order valence-electron chi connectivity index (χ0n) is 2.16. The van der Waals surface area contributed by atoms with Gasteiger partial charge in [-0.05, 0) is 0 Å². The number of hydrogen-bond donors (Lipinski definition) is 0. The van der Waals surface area contributed by atoms with Gasteiger partial charge in [-0.25, -0.2) is 0 Å². The molecule has 0 saturated heterocycles. The smallest absolute Gasteiger partial charge is 0.412 e. The van der Waals surface area contributed by atoms with E-state index in [1.165, 1.54) is 0 Å². The third-order valence-corrected chi connectivity index (χ3v) is 0. The van der Waals surface area contributed by atoms with E-state index in [1.54, 1.807) is 0 Å². The fourth-order valence-corrected chi connectivity index (χ4v) is 0. The standard InChI is InChI=1S/Cl2Se.2H2O/c1-3-2;;/h;2*1H2. The van der Waals surface area contributed by atoms with Gasteiger partial charge in [0.2, 0.25) is 0 Å². The SMILES string of the molecule is Cl[Se]Cl.O.O. The van der Waals surface area contributed by atoms with Crippen molar-refractivity contribution in [1.82, 2.24) is 0 Å². The van der Waals surface area contributed by atoms with Gasteiger partial charge in [-0.2, -0.15) is 0 Å². The first-order valence-electron chi connectivity index (χ1n) is 0.309. The summed E-state index contributed by atoms with van der Waals surface area (Å²) < 4.78 is 0. The van der Waals surface area contributed by atoms with Gasteiger partial charge in [-0.3, -0.25) is 0 Å². The molecule has 0 saturated carbocycles. The fourth-order valence-electron chi connectivity index (χ4n) is 0. The average molecular weight is 186 g/mol. The molecule has 0 heterocycles. The van der Waals surface area contributed by atoms with Gasteiger partial charge in [-0.15, -0.1) is 0 Å². The van der Waals surface area contributed by atoms with Crippen molar-refractivity contribution in [2.45, 2.75) is 0 Å². The van der Waals surface area contributed by atoms with Crippen LogP contribution in [0.1, 0.15) is 0 Å². The quantitative estimate of drug-likeness (QED) is 0.451. The van der Waals surface area contributed by atoms with Crippen LogP contribution >= 0.6 is 20.2 Å². The zero-order chi connectivity index (χ0) is 2.71. The Kier molecular flexibility index (Phi) is 66.2. The topological polar surface area (TPSA) is 63.0 Å². The Hall–Kier alpha value is 1.02. The summed E-state index contributed by atoms with van der Waals surface area (Å²) in [5.74, 6) is 0. The monoisotopic (exact) mass is 186 g/mol. The van der Waals surface area contributed by atoms with Crippen molar-refractivity contribution in [3.63, 3.8) is 0 Å². The van der Waals surface area contributed by atoms with E-state index in [-0.39, 0.29) is 24.1 Å². The van der Waals surface area contributed by atoms with Gasteiger partial charge in [-0.1, -0.05) is 0 Å². The van der Waals surface area contributed by atoms with E-state index in [0.29, 0.717) is 0 Å². The largest absolute Gasteiger partial charge is 0.412 e. The molecule has 2 nitrogen and oxygen atoms in total. The van der Waals surface area contributed by atoms with Gasteiger partial charge in [0.15, 0.2) is 0 Å². The van der Waals surface area contributed by atoms with Crippen molar-refractivity contribution >= 4 is 33.3 Å². The van der Waals surface area contributed by atoms with Gasteiger partial charge in [0.25, 0.3) is 0 Å². The van der Waals surface area contributed by atoms with Gasteiger partial charge in [0, 0.05) is 0 Å². The molecule has 5 heavy (non-hydrogen) atoms. The van der Waals surface area contributed by atoms with Crippen molar-refractivity contribution in [3.05, 3.63) is 0 Å². The molecule has 36 valence electrons. The molecule has 0 fully saturated rings. The van der Waals surface area contributed by atoms with E-state index in [4.69, 9.17) is 20.2 Å². The summed E-state index contributed by atoms with van der Waals surface area (Å²) in [7, 11) is 9.65. The van der Waals surface area contributed by atoms with Crippen LogP contribution in [0.3, 0.4) is 0 Å². The molecule has 0 aromatic heterocycles. The molecule has 0 aliphatic rings. The van der Waals surface area contributed by atoms with Crippen LogP contribution in [0.4, 0.5) is 0 Å². The van der Waals surface area contributed by atoms with Crippen LogP contribution in [0.25, 0.3) is 0 Å². The number of rotatable bonds is 0. The summed E-state index contributed by atoms with van der Waals surface area (Å²) in [6.07, 6.45) is 0. The molecule has 0 atom stereocenters. The second kappa shape index (κ2) is 19.9. The van der Waals surface area contributed by atoms with Crippen LogP contribution in [0.5, 0.6) is 0 Å². The van der Waals surface area contributed by atoms with Crippen molar-refractivity contribution in [2.75, 3.05) is 0 Å². The minimum absolute atomic E-state index is 0. The summed E-state index contributed by atoms with van der Waals surface area (Å²) in [5.41, 5.74) is 0. The molecule has 5 heteroatoms. The summed E-state index contributed by atoms with van der Waals surface area (Å²) in [6.45, 7) is 0. The number of hydrogen-bond acceptors (Lipinski definition) is 0. The molecular weight excluding hydrogens is 182 g/mol. The Morgan fingerprint density at radius 1 is 1.00 bits per heavy atom. The van der Waals surface area contributed by atoms with E-state index < -0.39 is 0 Å². The Morgan fingerprint density at radius 2 is 1.00 bits per heavy atom. The molecule has 0 amide bonds. The molecule has 0 unspecified atom stereocenters. The Morgan fingerprint density at radius 3 is 1.00 bits per heavy atom. The van der Waals surface area contributed by atoms with Crippen LogP contribution in [-0.2, 0) is 0 Å². The average Bonchev–Trinajstić information content (AvgIpc) is 0.918. The van der Waals surface area contributed by atoms with Crippen LogP contribution in [-0.4, -0.2) is 24.1 Å². The van der Waals surface area contributed by atoms with E-state index in [1.807, 2.05) is 0 Å². The Labute approximate surface area is 44.7 Å². The van der Waals surface area contributed by atoms with Crippen LogP contribution < -0.4 is 0 Å². The van der Waals surface area contributed by atoms with Gasteiger partial charge >= 0.3 is 33.3 Å². The van der Waals surface area contributed by atoms with E-state index >= 15 is 0 Å². The summed E-state index contributed by atoms with van der Waals surface area (Å²) in [5, 5.41) is 0. The summed E-state index contributed by atoms with van der Waals surface area (Å²) >= 11 is -0.181. The van der Waals surface area contributed by atoms with E-state index in [9.17, 15) is 0 Å². The Bertz CT molecular complexity index is 7.61. The van der Waals surface area contributed by atoms with Crippen molar-refractivity contribution < 1.29 is 11.0 Å². The van der Waals surface area contributed by atoms with Crippen LogP contribution in [0.2, 0.25) is 0 Å². The first kappa shape index (κ1) is 16.6. The van der Waals surface area contributed by atoms with Crippen molar-refractivity contribution in [2.24, 2.45) is 0 Å². The zero-order valence-corrected chi connectivity index (χ0v) is 5.39. The van der Waals surface area contributed by atoms with Gasteiger partial charge in [0.1, 0.15) is 0 Å². The van der Waals surface area contributed by atoms with Gasteiger partial charge in [0.05, 0.1) is 0 Å². The maximum atomic E-state index is 4.83. The fraction of sp³-hybridized carbons (Fsp3) is 0. The minimum Gasteiger partial charge on any atom is -0.412 e. The Balaban J connectivity index is -0.0000000200. The minimum atomic E-state index is -0.181. The predicted molar refractivity (Wildman–Crippen MR) is 24.7 cm³/mol. The molecule has 0 aromatic carbocycles. The molecule has 0 aromatic rings. The molecule has 0 aliphatic heterocycles. The van der Waals surface area contributed by atoms with Crippen molar-refractivity contribution in [1.29, 1.82) is 0 Å². The molecule has 0 aliphatic carbocycles. The second-order valence-electron chi connectivity index (χ2n) is 0.0583. The maximum absolute atomic E-state index is 4.83. The van der Waals surface area contributed by atoms with Crippen LogP contribution in [0.15, 0.2) is 0 Å². The second-order valence-corrected chi connectivity index (χ2v) is 2.73. The molecule has 0 bridgehead atoms. The third-order valence-electron chi connectivity index (χ3n) is 0. The first-order valence-corrected chi connectivity index (χ1v) is 4.81. The predicted octanol–water partition coefficient (Wildman–Crippen LogP) is -0.651. The maximum Gasteiger partial charge on any atom is -0.412 e. The third kappa shape index (κ3) is 44.0. The number of halogens is 2. The van der Waals surface area contributed by atoms with Gasteiger partial charge < -0.3 is 11.0 Å². The molecular formula is H4Cl2O2Se. The first-order chi connectivity index (χ1) is 1.41. The molecule has 0 spiro atoms. The van der Waals surface area contributed by atoms with Crippen molar-refractivity contribution in [3.8, 4) is 0 Å².